The summed E-state index contributed by atoms with van der Waals surface area (Å²) >= 11 is 0. The van der Waals surface area contributed by atoms with Crippen molar-refractivity contribution in [3.8, 4) is 40.3 Å². The fourth-order valence-electron chi connectivity index (χ4n) is 5.22. The molecule has 186 valence electrons. The maximum Gasteiger partial charge on any atom is 0.228 e. The van der Waals surface area contributed by atoms with Gasteiger partial charge in [-0.2, -0.15) is 0 Å². The highest BCUT2D eigenvalue weighted by atomic mass is 16.5. The van der Waals surface area contributed by atoms with Crippen LogP contribution in [0, 0.1) is 0 Å². The quantitative estimate of drug-likeness (QED) is 0.318. The molecule has 4 aromatic carbocycles. The Hall–Kier alpha value is -5.11. The number of phenolic OH excluding ortho intramolecular Hbond substituents is 1. The second kappa shape index (κ2) is 8.48. The van der Waals surface area contributed by atoms with Crippen molar-refractivity contribution in [1.82, 2.24) is 19.6 Å². The lowest BCUT2D eigenvalue weighted by molar-refractivity contribution is 0.354. The summed E-state index contributed by atoms with van der Waals surface area (Å²) in [5, 5.41) is 17.2. The first-order chi connectivity index (χ1) is 18.6. The van der Waals surface area contributed by atoms with Gasteiger partial charge in [-0.25, -0.2) is 14.5 Å². The number of fused-ring (bicyclic) bond motifs is 5. The molecule has 0 spiro atoms. The highest BCUT2D eigenvalue weighted by molar-refractivity contribution is 5.95. The molecule has 0 unspecified atom stereocenters. The molecular weight excluding hydrogens is 480 g/mol. The van der Waals surface area contributed by atoms with E-state index in [2.05, 4.69) is 23.2 Å². The standard InChI is InChI=1S/C30H22N4O4/c1-36-23-13-10-18(14-25(23)37-2)26-22-12-11-19(35)15-24(22)38-30-27(26)29-32-28(33-34(29)16-31-30)21-9-5-7-17-6-3-4-8-20(17)21/h3-16,26,35H,1-2H3/t26-/m1/s1. The number of hydrogen-bond donors (Lipinski definition) is 1. The summed E-state index contributed by atoms with van der Waals surface area (Å²) in [6, 6.07) is 25.2. The van der Waals surface area contributed by atoms with Crippen molar-refractivity contribution in [2.24, 2.45) is 0 Å². The number of phenols is 1. The zero-order valence-electron chi connectivity index (χ0n) is 20.6. The van der Waals surface area contributed by atoms with Crippen molar-refractivity contribution in [3.63, 3.8) is 0 Å². The summed E-state index contributed by atoms with van der Waals surface area (Å²) in [4.78, 5) is 9.61. The Morgan fingerprint density at radius 2 is 1.74 bits per heavy atom. The Morgan fingerprint density at radius 1 is 0.895 bits per heavy atom. The van der Waals surface area contributed by atoms with Gasteiger partial charge in [-0.1, -0.05) is 54.6 Å². The maximum absolute atomic E-state index is 10.2. The van der Waals surface area contributed by atoms with Crippen molar-refractivity contribution in [2.75, 3.05) is 14.2 Å². The van der Waals surface area contributed by atoms with Gasteiger partial charge in [-0.05, 0) is 34.5 Å². The number of aromatic nitrogens is 4. The Kier molecular flexibility index (Phi) is 4.94. The molecule has 6 aromatic rings. The monoisotopic (exact) mass is 502 g/mol. The molecule has 1 N–H and O–H groups in total. The van der Waals surface area contributed by atoms with Crippen LogP contribution in [-0.4, -0.2) is 38.9 Å². The summed E-state index contributed by atoms with van der Waals surface area (Å²) < 4.78 is 19.0. The molecule has 0 bridgehead atoms. The van der Waals surface area contributed by atoms with E-state index in [1.807, 2.05) is 48.5 Å². The zero-order chi connectivity index (χ0) is 25.8. The molecular formula is C30H22N4O4. The minimum Gasteiger partial charge on any atom is -0.508 e. The largest absolute Gasteiger partial charge is 0.508 e. The van der Waals surface area contributed by atoms with E-state index >= 15 is 0 Å². The lowest BCUT2D eigenvalue weighted by Crippen LogP contribution is -2.15. The van der Waals surface area contributed by atoms with E-state index < -0.39 is 0 Å². The van der Waals surface area contributed by atoms with Crippen molar-refractivity contribution in [2.45, 2.75) is 5.92 Å². The summed E-state index contributed by atoms with van der Waals surface area (Å²) in [6.07, 6.45) is 1.61. The molecule has 0 fully saturated rings. The molecule has 0 radical (unpaired) electrons. The van der Waals surface area contributed by atoms with Gasteiger partial charge in [0.2, 0.25) is 5.88 Å². The SMILES string of the molecule is COc1ccc([C@@H]2c3ccc(O)cc3Oc3ncn4nc(-c5cccc6ccccc56)nc4c32)cc1OC. The van der Waals surface area contributed by atoms with Crippen LogP contribution in [0.4, 0.5) is 0 Å². The number of rotatable bonds is 4. The number of aromatic hydroxyl groups is 1. The van der Waals surface area contributed by atoms with E-state index in [0.29, 0.717) is 34.6 Å². The van der Waals surface area contributed by atoms with Gasteiger partial charge in [0.05, 0.1) is 19.8 Å². The summed E-state index contributed by atoms with van der Waals surface area (Å²) in [6.45, 7) is 0. The van der Waals surface area contributed by atoms with E-state index in [9.17, 15) is 5.11 Å². The predicted molar refractivity (Wildman–Crippen MR) is 142 cm³/mol. The lowest BCUT2D eigenvalue weighted by Gasteiger charge is -2.28. The van der Waals surface area contributed by atoms with E-state index in [0.717, 1.165) is 33.0 Å². The highest BCUT2D eigenvalue weighted by Crippen LogP contribution is 2.49. The highest BCUT2D eigenvalue weighted by Gasteiger charge is 2.34. The van der Waals surface area contributed by atoms with Crippen molar-refractivity contribution in [1.29, 1.82) is 0 Å². The average Bonchev–Trinajstić information content (AvgIpc) is 3.39. The van der Waals surface area contributed by atoms with Crippen LogP contribution in [0.3, 0.4) is 0 Å². The minimum atomic E-state index is -0.310. The van der Waals surface area contributed by atoms with E-state index in [1.165, 1.54) is 0 Å². The van der Waals surface area contributed by atoms with Crippen LogP contribution in [0.5, 0.6) is 28.9 Å². The average molecular weight is 503 g/mol. The van der Waals surface area contributed by atoms with Gasteiger partial charge in [-0.3, -0.25) is 0 Å². The zero-order valence-corrected chi connectivity index (χ0v) is 20.6. The Balaban J connectivity index is 1.48. The lowest BCUT2D eigenvalue weighted by atomic mass is 9.83. The van der Waals surface area contributed by atoms with Crippen molar-refractivity contribution < 1.29 is 19.3 Å². The normalized spacial score (nSPS) is 14.1. The smallest absolute Gasteiger partial charge is 0.228 e. The molecule has 0 saturated heterocycles. The van der Waals surface area contributed by atoms with E-state index in [4.69, 9.17) is 24.3 Å². The third kappa shape index (κ3) is 3.34. The summed E-state index contributed by atoms with van der Waals surface area (Å²) in [5.74, 6) is 2.58. The summed E-state index contributed by atoms with van der Waals surface area (Å²) in [5.41, 5.74) is 4.15. The van der Waals surface area contributed by atoms with Gasteiger partial charge in [0.25, 0.3) is 0 Å². The first kappa shape index (κ1) is 22.1. The van der Waals surface area contributed by atoms with E-state index in [1.54, 1.807) is 37.2 Å². The number of nitrogens with zero attached hydrogens (tertiary/aromatic N) is 4. The van der Waals surface area contributed by atoms with Crippen LogP contribution < -0.4 is 14.2 Å². The molecule has 0 aliphatic carbocycles. The number of ether oxygens (including phenoxy) is 3. The third-order valence-electron chi connectivity index (χ3n) is 6.96. The van der Waals surface area contributed by atoms with Crippen LogP contribution in [0.2, 0.25) is 0 Å². The molecule has 38 heavy (non-hydrogen) atoms. The Labute approximate surface area is 217 Å². The van der Waals surface area contributed by atoms with Gasteiger partial charge in [0, 0.05) is 23.1 Å². The van der Waals surface area contributed by atoms with Crippen LogP contribution in [0.15, 0.2) is 85.2 Å². The van der Waals surface area contributed by atoms with Gasteiger partial charge < -0.3 is 19.3 Å². The molecule has 0 amide bonds. The van der Waals surface area contributed by atoms with Gasteiger partial charge in [0.15, 0.2) is 23.0 Å². The van der Waals surface area contributed by atoms with Crippen LogP contribution in [0.25, 0.3) is 27.8 Å². The molecule has 0 saturated carbocycles. The van der Waals surface area contributed by atoms with Crippen LogP contribution >= 0.6 is 0 Å². The van der Waals surface area contributed by atoms with E-state index in [-0.39, 0.29) is 11.7 Å². The molecule has 8 heteroatoms. The van der Waals surface area contributed by atoms with Crippen molar-refractivity contribution >= 4 is 16.4 Å². The number of benzene rings is 4. The van der Waals surface area contributed by atoms with Crippen molar-refractivity contribution in [3.05, 3.63) is 102 Å². The fourth-order valence-corrected chi connectivity index (χ4v) is 5.22. The molecule has 2 aromatic heterocycles. The first-order valence-electron chi connectivity index (χ1n) is 12.1. The molecule has 1 aliphatic heterocycles. The van der Waals surface area contributed by atoms with Crippen LogP contribution in [0.1, 0.15) is 22.6 Å². The topological polar surface area (TPSA) is 91.0 Å². The molecule has 1 atom stereocenters. The fraction of sp³-hybridized carbons (Fsp3) is 0.100. The minimum absolute atomic E-state index is 0.111. The maximum atomic E-state index is 10.2. The van der Waals surface area contributed by atoms with Crippen LogP contribution in [-0.2, 0) is 0 Å². The van der Waals surface area contributed by atoms with Gasteiger partial charge in [-0.15, -0.1) is 5.10 Å². The van der Waals surface area contributed by atoms with Gasteiger partial charge in [0.1, 0.15) is 17.8 Å². The third-order valence-corrected chi connectivity index (χ3v) is 6.96. The molecule has 7 rings (SSSR count). The first-order valence-corrected chi connectivity index (χ1v) is 12.1. The predicted octanol–water partition coefficient (Wildman–Crippen LogP) is 5.95. The number of hydrogen-bond acceptors (Lipinski definition) is 7. The number of methoxy groups -OCH3 is 2. The second-order valence-electron chi connectivity index (χ2n) is 9.07. The molecule has 3 heterocycles. The Morgan fingerprint density at radius 3 is 2.61 bits per heavy atom. The molecule has 8 nitrogen and oxygen atoms in total. The Bertz CT molecular complexity index is 1860. The van der Waals surface area contributed by atoms with Gasteiger partial charge >= 0.3 is 0 Å². The molecule has 1 aliphatic rings. The summed E-state index contributed by atoms with van der Waals surface area (Å²) in [7, 11) is 3.22. The second-order valence-corrected chi connectivity index (χ2v) is 9.07.